The molecule has 96 heavy (non-hydrogen) atoms. The van der Waals surface area contributed by atoms with E-state index >= 15 is 0 Å². The van der Waals surface area contributed by atoms with Crippen LogP contribution in [-0.2, 0) is 39.0 Å². The molecule has 0 unspecified atom stereocenters. The third-order valence-electron chi connectivity index (χ3n) is 16.7. The maximum Gasteiger partial charge on any atom is 0.327 e. The molecule has 3 N–H and O–H groups in total. The van der Waals surface area contributed by atoms with Crippen LogP contribution in [0, 0.1) is 0 Å². The van der Waals surface area contributed by atoms with Gasteiger partial charge in [-0.3, -0.25) is 13.7 Å². The highest BCUT2D eigenvalue weighted by Gasteiger charge is 2.30. The number of nitrogens with zero attached hydrogens (tertiary/aromatic N) is 3. The second-order valence-corrected chi connectivity index (χ2v) is 30.2. The highest BCUT2D eigenvalue weighted by Crippen LogP contribution is 2.39. The SMILES string of the molecule is C=C(C)c1cccc2c1[nH]c(=O)n2[C@@H](CS(C)(=O)=O)c1ccc(OC)c(OCC)c1.CCOc1cc([C@H](CS(C)(=O)=O)n2c(=O)[nH]c3c(C4=CCOCC4)cccc32)ccc1OC.CCOc1cc([C@H](CS(C)(=O)=O)n2c(=O)[nH]c3c(C4CCOCC4)cccc32)ccc1OC. The number of hydrogen-bond donors (Lipinski definition) is 3. The van der Waals surface area contributed by atoms with Gasteiger partial charge in [0, 0.05) is 43.1 Å². The standard InChI is InChI=1S/C24H30N2O6S.C24H28N2O6S.C22H26N2O5S/c2*1-4-32-22-14-17(8-9-21(22)30-2)20(15-33(3,28)29)26-19-7-5-6-18(23(19)25-24(26)27)16-10-12-31-13-11-16;1-6-29-20-12-15(10-11-19(20)28-4)18(13-30(5,26)27)24-17-9-7-8-16(14(2)3)21(17)23-22(24)25/h5-9,14,16,20H,4,10-13,15H2,1-3H3,(H,25,27);5-10,14,20H,4,11-13,15H2,1-3H3,(H,25,27);7-12,18H,2,6,13H2,1,3-5H3,(H,23,25)/t2*20-;18-/m000/s1. The summed E-state index contributed by atoms with van der Waals surface area (Å²) in [5, 5.41) is 0. The largest absolute Gasteiger partial charge is 0.493 e. The van der Waals surface area contributed by atoms with E-state index in [1.807, 2.05) is 82.3 Å². The first-order valence-electron chi connectivity index (χ1n) is 31.5. The lowest BCUT2D eigenvalue weighted by atomic mass is 9.91. The molecule has 1 saturated heterocycles. The second-order valence-electron chi connectivity index (χ2n) is 23.6. The summed E-state index contributed by atoms with van der Waals surface area (Å²) in [4.78, 5) is 48.3. The van der Waals surface area contributed by atoms with Gasteiger partial charge in [0.2, 0.25) is 0 Å². The number of aromatic nitrogens is 6. The van der Waals surface area contributed by atoms with Crippen LogP contribution in [0.3, 0.4) is 0 Å². The fraction of sp³-hybridized carbons (Fsp3) is 0.386. The number of benzene rings is 6. The molecule has 0 amide bonds. The van der Waals surface area contributed by atoms with Crippen molar-refractivity contribution in [3.63, 3.8) is 0 Å². The Morgan fingerprint density at radius 3 is 1.31 bits per heavy atom. The highest BCUT2D eigenvalue weighted by molar-refractivity contribution is 7.91. The Labute approximate surface area is 558 Å². The van der Waals surface area contributed by atoms with Crippen molar-refractivity contribution in [2.24, 2.45) is 0 Å². The molecule has 26 heteroatoms. The lowest BCUT2D eigenvalue weighted by Gasteiger charge is -2.23. The van der Waals surface area contributed by atoms with E-state index in [4.69, 9.17) is 37.9 Å². The van der Waals surface area contributed by atoms with Crippen molar-refractivity contribution in [1.29, 1.82) is 0 Å². The number of nitrogens with one attached hydrogen (secondary N) is 3. The van der Waals surface area contributed by atoms with E-state index in [2.05, 4.69) is 21.5 Å². The normalized spacial score (nSPS) is 14.8. The van der Waals surface area contributed by atoms with Gasteiger partial charge in [0.1, 0.15) is 29.5 Å². The molecule has 2 aliphatic heterocycles. The minimum Gasteiger partial charge on any atom is -0.493 e. The van der Waals surface area contributed by atoms with E-state index in [1.54, 1.807) is 79.5 Å². The number of fused-ring (bicyclic) bond motifs is 3. The van der Waals surface area contributed by atoms with E-state index in [0.717, 1.165) is 58.9 Å². The van der Waals surface area contributed by atoms with E-state index in [1.165, 1.54) is 28.8 Å². The number of imidazole rings is 3. The summed E-state index contributed by atoms with van der Waals surface area (Å²) in [5.74, 6) is 2.70. The van der Waals surface area contributed by atoms with Crippen LogP contribution in [0.2, 0.25) is 0 Å². The van der Waals surface area contributed by atoms with E-state index in [0.29, 0.717) is 125 Å². The third kappa shape index (κ3) is 16.7. The van der Waals surface area contributed by atoms with Gasteiger partial charge in [0.25, 0.3) is 0 Å². The molecule has 23 nitrogen and oxygen atoms in total. The average molecular weight is 1380 g/mol. The van der Waals surface area contributed by atoms with Crippen molar-refractivity contribution in [2.75, 3.05) is 104 Å². The molecule has 3 atom stereocenters. The summed E-state index contributed by atoms with van der Waals surface area (Å²) in [5.41, 5.74) is 9.56. The van der Waals surface area contributed by atoms with E-state index in [-0.39, 0.29) is 40.2 Å². The second kappa shape index (κ2) is 30.9. The van der Waals surface area contributed by atoms with Gasteiger partial charge >= 0.3 is 17.1 Å². The zero-order chi connectivity index (χ0) is 69.2. The number of sulfone groups is 3. The van der Waals surface area contributed by atoms with Crippen molar-refractivity contribution in [2.45, 2.75) is 71.0 Å². The van der Waals surface area contributed by atoms with Crippen LogP contribution in [0.25, 0.3) is 44.2 Å². The minimum absolute atomic E-state index is 0.223. The molecule has 0 aliphatic carbocycles. The number of H-pyrrole nitrogens is 3. The van der Waals surface area contributed by atoms with Crippen LogP contribution in [-0.4, -0.2) is 158 Å². The van der Waals surface area contributed by atoms with Crippen LogP contribution in [0.5, 0.6) is 34.5 Å². The molecule has 514 valence electrons. The lowest BCUT2D eigenvalue weighted by molar-refractivity contribution is 0.0856. The molecular weight excluding hydrogens is 1290 g/mol. The zero-order valence-electron chi connectivity index (χ0n) is 55.7. The van der Waals surface area contributed by atoms with Crippen LogP contribution in [0.4, 0.5) is 0 Å². The quantitative estimate of drug-likeness (QED) is 0.0507. The average Bonchev–Trinajstić information content (AvgIpc) is 1.61. The summed E-state index contributed by atoms with van der Waals surface area (Å²) in [6.07, 6.45) is 8.04. The van der Waals surface area contributed by atoms with Gasteiger partial charge in [-0.2, -0.15) is 0 Å². The maximum atomic E-state index is 13.2. The van der Waals surface area contributed by atoms with Crippen molar-refractivity contribution < 1.29 is 63.1 Å². The third-order valence-corrected chi connectivity index (χ3v) is 19.4. The fourth-order valence-electron chi connectivity index (χ4n) is 12.5. The molecule has 2 aliphatic rings. The predicted molar refractivity (Wildman–Crippen MR) is 375 cm³/mol. The van der Waals surface area contributed by atoms with Crippen LogP contribution in [0.1, 0.15) is 104 Å². The topological polar surface area (TPSA) is 290 Å². The lowest BCUT2D eigenvalue weighted by Crippen LogP contribution is -2.28. The number of hydrogen-bond acceptors (Lipinski definition) is 17. The molecule has 0 spiro atoms. The summed E-state index contributed by atoms with van der Waals surface area (Å²) in [6.45, 7) is 15.2. The minimum atomic E-state index is -3.43. The van der Waals surface area contributed by atoms with Crippen LogP contribution >= 0.6 is 0 Å². The van der Waals surface area contributed by atoms with Crippen molar-refractivity contribution in [1.82, 2.24) is 28.7 Å². The Balaban J connectivity index is 0.000000169. The molecule has 0 saturated carbocycles. The number of para-hydroxylation sites is 3. The summed E-state index contributed by atoms with van der Waals surface area (Å²) >= 11 is 0. The van der Waals surface area contributed by atoms with Crippen LogP contribution in [0.15, 0.2) is 136 Å². The first-order chi connectivity index (χ1) is 45.8. The maximum absolute atomic E-state index is 13.2. The fourth-order valence-corrected chi connectivity index (χ4v) is 15.2. The van der Waals surface area contributed by atoms with Crippen molar-refractivity contribution >= 4 is 73.8 Å². The smallest absolute Gasteiger partial charge is 0.327 e. The molecule has 3 aromatic heterocycles. The Hall–Kier alpha value is -8.82. The Morgan fingerprint density at radius 2 is 0.917 bits per heavy atom. The number of allylic oxidation sites excluding steroid dienone is 1. The first kappa shape index (κ1) is 71.5. The molecule has 5 heterocycles. The first-order valence-corrected chi connectivity index (χ1v) is 37.6. The summed E-state index contributed by atoms with van der Waals surface area (Å²) in [7, 11) is -5.63. The number of ether oxygens (including phenoxy) is 8. The van der Waals surface area contributed by atoms with Gasteiger partial charge in [-0.1, -0.05) is 67.3 Å². The Morgan fingerprint density at radius 1 is 0.521 bits per heavy atom. The summed E-state index contributed by atoms with van der Waals surface area (Å²) in [6, 6.07) is 30.5. The van der Waals surface area contributed by atoms with Gasteiger partial charge in [0.15, 0.2) is 34.5 Å². The van der Waals surface area contributed by atoms with E-state index < -0.39 is 47.6 Å². The van der Waals surface area contributed by atoms with Gasteiger partial charge in [-0.05, 0) is 141 Å². The molecule has 6 aromatic carbocycles. The van der Waals surface area contributed by atoms with Crippen molar-refractivity contribution in [3.8, 4) is 34.5 Å². The number of methoxy groups -OCH3 is 3. The molecule has 11 rings (SSSR count). The predicted octanol–water partition coefficient (Wildman–Crippen LogP) is 9.84. The van der Waals surface area contributed by atoms with Gasteiger partial charge in [-0.15, -0.1) is 0 Å². The van der Waals surface area contributed by atoms with Gasteiger partial charge in [0.05, 0.1) is 123 Å². The monoisotopic (exact) mass is 1380 g/mol. The number of aromatic amines is 3. The Kier molecular flexibility index (Phi) is 23.0. The molecule has 9 aromatic rings. The molecule has 0 radical (unpaired) electrons. The van der Waals surface area contributed by atoms with Crippen LogP contribution < -0.4 is 45.5 Å². The highest BCUT2D eigenvalue weighted by atomic mass is 32.2. The van der Waals surface area contributed by atoms with Gasteiger partial charge < -0.3 is 52.8 Å². The zero-order valence-corrected chi connectivity index (χ0v) is 58.1. The molecule has 0 bridgehead atoms. The Bertz CT molecular complexity index is 4860. The molecular formula is C70H84N6O17S3. The number of rotatable bonds is 24. The van der Waals surface area contributed by atoms with Gasteiger partial charge in [-0.25, -0.2) is 39.6 Å². The van der Waals surface area contributed by atoms with E-state index in [9.17, 15) is 39.6 Å². The molecule has 1 fully saturated rings. The van der Waals surface area contributed by atoms with Crippen molar-refractivity contribution in [3.05, 3.63) is 187 Å². The summed E-state index contributed by atoms with van der Waals surface area (Å²) < 4.78 is 123.